The van der Waals surface area contributed by atoms with E-state index >= 15 is 0 Å². The molecule has 1 aliphatic heterocycles. The van der Waals surface area contributed by atoms with Gasteiger partial charge in [0.05, 0.1) is 25.0 Å². The van der Waals surface area contributed by atoms with Crippen molar-refractivity contribution in [2.45, 2.75) is 33.1 Å². The zero-order valence-electron chi connectivity index (χ0n) is 16.0. The Balaban J connectivity index is 2.97. The molecule has 0 aromatic heterocycles. The highest BCUT2D eigenvalue weighted by atomic mass is 16.2. The van der Waals surface area contributed by atoms with Crippen LogP contribution in [0.3, 0.4) is 0 Å². The number of nitrogens with two attached hydrogens (primary N) is 2. The average molecular weight is 358 g/mol. The van der Waals surface area contributed by atoms with Gasteiger partial charge < -0.3 is 21.7 Å². The summed E-state index contributed by atoms with van der Waals surface area (Å²) in [6, 6.07) is 0. The van der Waals surface area contributed by atoms with Crippen molar-refractivity contribution in [3.8, 4) is 11.8 Å². The molecule has 5 N–H and O–H groups in total. The smallest absolute Gasteiger partial charge is 0.250 e. The number of hydrogen-bond acceptors (Lipinski definition) is 6. The summed E-state index contributed by atoms with van der Waals surface area (Å²) in [5.41, 5.74) is 13.5. The van der Waals surface area contributed by atoms with E-state index in [0.717, 1.165) is 12.8 Å². The number of amides is 1. The average Bonchev–Trinajstić information content (AvgIpc) is 2.75. The fourth-order valence-electron chi connectivity index (χ4n) is 2.45. The third-order valence-electron chi connectivity index (χ3n) is 3.58. The fourth-order valence-corrected chi connectivity index (χ4v) is 2.45. The van der Waals surface area contributed by atoms with Crippen LogP contribution in [0.4, 0.5) is 0 Å². The number of carbonyl (C=O) groups excluding carboxylic acids is 1. The van der Waals surface area contributed by atoms with Gasteiger partial charge in [0.25, 0.3) is 0 Å². The van der Waals surface area contributed by atoms with Crippen molar-refractivity contribution in [3.63, 3.8) is 0 Å². The number of hydrogen-bond donors (Lipinski definition) is 3. The molecule has 0 radical (unpaired) electrons. The number of aliphatic imine (C=N–C) groups is 2. The first-order chi connectivity index (χ1) is 12.5. The van der Waals surface area contributed by atoms with Gasteiger partial charge in [0.2, 0.25) is 5.91 Å². The summed E-state index contributed by atoms with van der Waals surface area (Å²) in [7, 11) is 1.83. The molecular weight excluding hydrogens is 328 g/mol. The van der Waals surface area contributed by atoms with Gasteiger partial charge in [-0.1, -0.05) is 25.7 Å². The molecular formula is C19H30N6O. The van der Waals surface area contributed by atoms with E-state index in [1.807, 2.05) is 11.9 Å². The van der Waals surface area contributed by atoms with Crippen molar-refractivity contribution < 1.29 is 4.79 Å². The summed E-state index contributed by atoms with van der Waals surface area (Å²) in [6.45, 7) is 6.50. The molecule has 7 heteroatoms. The maximum absolute atomic E-state index is 12.8. The Kier molecular flexibility index (Phi) is 9.80. The van der Waals surface area contributed by atoms with Crippen LogP contribution in [0.1, 0.15) is 33.1 Å². The van der Waals surface area contributed by atoms with Gasteiger partial charge in [-0.25, -0.2) is 4.99 Å². The van der Waals surface area contributed by atoms with E-state index < -0.39 is 0 Å². The predicted octanol–water partition coefficient (Wildman–Crippen LogP) is 0.786. The molecule has 0 saturated heterocycles. The van der Waals surface area contributed by atoms with Crippen LogP contribution in [0.25, 0.3) is 0 Å². The summed E-state index contributed by atoms with van der Waals surface area (Å²) in [6.07, 6.45) is 5.30. The Hall–Kier alpha value is -2.59. The maximum Gasteiger partial charge on any atom is 0.250 e. The lowest BCUT2D eigenvalue weighted by molar-refractivity contribution is -0.127. The molecule has 1 aliphatic rings. The highest BCUT2D eigenvalue weighted by Crippen LogP contribution is 2.16. The predicted molar refractivity (Wildman–Crippen MR) is 108 cm³/mol. The molecule has 0 fully saturated rings. The first-order valence-corrected chi connectivity index (χ1v) is 8.96. The fraction of sp³-hybridized carbons (Fsp3) is 0.526. The third kappa shape index (κ3) is 7.11. The molecule has 0 aliphatic carbocycles. The highest BCUT2D eigenvalue weighted by molar-refractivity contribution is 6.02. The van der Waals surface area contributed by atoms with Crippen molar-refractivity contribution in [2.75, 3.05) is 33.2 Å². The van der Waals surface area contributed by atoms with Crippen LogP contribution >= 0.6 is 0 Å². The van der Waals surface area contributed by atoms with Gasteiger partial charge in [0.15, 0.2) is 0 Å². The molecule has 0 aromatic rings. The van der Waals surface area contributed by atoms with Gasteiger partial charge in [0, 0.05) is 25.1 Å². The van der Waals surface area contributed by atoms with Crippen LogP contribution in [0.2, 0.25) is 0 Å². The van der Waals surface area contributed by atoms with Crippen molar-refractivity contribution in [1.82, 2.24) is 10.2 Å². The highest BCUT2D eigenvalue weighted by Gasteiger charge is 2.20. The minimum Gasteiger partial charge on any atom is -0.397 e. The molecule has 26 heavy (non-hydrogen) atoms. The Labute approximate surface area is 156 Å². The van der Waals surface area contributed by atoms with E-state index in [9.17, 15) is 4.79 Å². The van der Waals surface area contributed by atoms with Crippen molar-refractivity contribution in [1.29, 1.82) is 0 Å². The first-order valence-electron chi connectivity index (χ1n) is 8.96. The Bertz CT molecular complexity index is 657. The van der Waals surface area contributed by atoms with Crippen LogP contribution < -0.4 is 16.8 Å². The lowest BCUT2D eigenvalue weighted by atomic mass is 10.1. The SMILES string of the molecule is CCCN(CCC)C(=O)C1=CC(N)=C(C=NCC#CCNC)N=C(N)C1. The van der Waals surface area contributed by atoms with E-state index in [1.165, 1.54) is 0 Å². The number of carbonyl (C=O) groups is 1. The second-order valence-corrected chi connectivity index (χ2v) is 5.94. The van der Waals surface area contributed by atoms with Crippen molar-refractivity contribution in [2.24, 2.45) is 21.5 Å². The maximum atomic E-state index is 12.8. The second kappa shape index (κ2) is 11.9. The lowest BCUT2D eigenvalue weighted by Crippen LogP contribution is -2.34. The number of rotatable bonds is 8. The number of nitrogens with zero attached hydrogens (tertiary/aromatic N) is 3. The molecule has 0 saturated carbocycles. The molecule has 0 spiro atoms. The van der Waals surface area contributed by atoms with E-state index in [2.05, 4.69) is 41.0 Å². The van der Waals surface area contributed by atoms with Crippen molar-refractivity contribution >= 4 is 18.0 Å². The lowest BCUT2D eigenvalue weighted by Gasteiger charge is -2.22. The monoisotopic (exact) mass is 358 g/mol. The second-order valence-electron chi connectivity index (χ2n) is 5.94. The molecule has 0 bridgehead atoms. The van der Waals surface area contributed by atoms with Gasteiger partial charge in [0.1, 0.15) is 11.5 Å². The summed E-state index contributed by atoms with van der Waals surface area (Å²) in [4.78, 5) is 23.1. The minimum atomic E-state index is -0.0362. The molecule has 0 atom stereocenters. The van der Waals surface area contributed by atoms with E-state index in [4.69, 9.17) is 11.5 Å². The number of nitrogens with one attached hydrogen (secondary N) is 1. The van der Waals surface area contributed by atoms with E-state index in [0.29, 0.717) is 49.0 Å². The van der Waals surface area contributed by atoms with E-state index in [1.54, 1.807) is 12.3 Å². The summed E-state index contributed by atoms with van der Waals surface area (Å²) >= 11 is 0. The topological polar surface area (TPSA) is 109 Å². The van der Waals surface area contributed by atoms with Gasteiger partial charge in [-0.2, -0.15) is 0 Å². The summed E-state index contributed by atoms with van der Waals surface area (Å²) in [5, 5.41) is 2.93. The largest absolute Gasteiger partial charge is 0.397 e. The molecule has 1 amide bonds. The van der Waals surface area contributed by atoms with Crippen LogP contribution in [-0.4, -0.2) is 56.1 Å². The molecule has 0 unspecified atom stereocenters. The summed E-state index contributed by atoms with van der Waals surface area (Å²) in [5.74, 6) is 6.14. The van der Waals surface area contributed by atoms with Gasteiger partial charge in [-0.05, 0) is 26.0 Å². The Morgan fingerprint density at radius 1 is 1.35 bits per heavy atom. The molecule has 1 rings (SSSR count). The van der Waals surface area contributed by atoms with E-state index in [-0.39, 0.29) is 12.3 Å². The number of amidine groups is 1. The van der Waals surface area contributed by atoms with Gasteiger partial charge >= 0.3 is 0 Å². The Morgan fingerprint density at radius 3 is 2.65 bits per heavy atom. The van der Waals surface area contributed by atoms with Crippen LogP contribution in [0.15, 0.2) is 33.0 Å². The van der Waals surface area contributed by atoms with Crippen LogP contribution in [0, 0.1) is 11.8 Å². The quantitative estimate of drug-likeness (QED) is 0.440. The van der Waals surface area contributed by atoms with Crippen molar-refractivity contribution in [3.05, 3.63) is 23.0 Å². The number of allylic oxidation sites excluding steroid dienone is 2. The third-order valence-corrected chi connectivity index (χ3v) is 3.58. The van der Waals surface area contributed by atoms with Crippen LogP contribution in [-0.2, 0) is 4.79 Å². The molecule has 7 nitrogen and oxygen atoms in total. The zero-order chi connectivity index (χ0) is 19.4. The van der Waals surface area contributed by atoms with Crippen LogP contribution in [0.5, 0.6) is 0 Å². The standard InChI is InChI=1S/C19H30N6O/c1-4-10-25(11-5-2)19(26)15-12-16(20)17(24-18(21)13-15)14-23-9-7-6-8-22-3/h12,14,22H,4-5,8-11,13,20H2,1-3H3,(H2,21,24). The summed E-state index contributed by atoms with van der Waals surface area (Å²) < 4.78 is 0. The molecule has 0 aromatic carbocycles. The van der Waals surface area contributed by atoms with Gasteiger partial charge in [-0.15, -0.1) is 0 Å². The van der Waals surface area contributed by atoms with Gasteiger partial charge in [-0.3, -0.25) is 9.79 Å². The molecule has 1 heterocycles. The zero-order valence-corrected chi connectivity index (χ0v) is 16.0. The minimum absolute atomic E-state index is 0.0362. The first kappa shape index (κ1) is 21.5. The molecule has 142 valence electrons. The Morgan fingerprint density at radius 2 is 2.04 bits per heavy atom. The normalized spacial score (nSPS) is 14.4.